The van der Waals surface area contributed by atoms with Gasteiger partial charge in [0.25, 0.3) is 11.1 Å². The Kier molecular flexibility index (Phi) is 5.34. The number of imidazole rings is 1. The Labute approximate surface area is 147 Å². The fourth-order valence-corrected chi connectivity index (χ4v) is 3.10. The number of H-pyrrole nitrogens is 1. The van der Waals surface area contributed by atoms with Crippen molar-refractivity contribution in [2.24, 2.45) is 0 Å². The second-order valence-corrected chi connectivity index (χ2v) is 6.27. The smallest absolute Gasteiger partial charge is 0.293 e. The molecular formula is C16H16N4O4S. The third-order valence-electron chi connectivity index (χ3n) is 3.52. The van der Waals surface area contributed by atoms with Crippen LogP contribution in [-0.4, -0.2) is 45.0 Å². The zero-order valence-electron chi connectivity index (χ0n) is 13.2. The molecule has 0 aromatic carbocycles. The molecule has 1 saturated heterocycles. The van der Waals surface area contributed by atoms with Crippen molar-refractivity contribution in [2.45, 2.75) is 12.8 Å². The lowest BCUT2D eigenvalue weighted by Gasteiger charge is -2.12. The lowest BCUT2D eigenvalue weighted by molar-refractivity contribution is -0.124. The molecule has 3 heterocycles. The Morgan fingerprint density at radius 3 is 3.04 bits per heavy atom. The Bertz CT molecular complexity index is 783. The molecule has 8 nitrogen and oxygen atoms in total. The number of amides is 3. The number of rotatable bonds is 7. The zero-order valence-corrected chi connectivity index (χ0v) is 14.0. The predicted molar refractivity (Wildman–Crippen MR) is 91.3 cm³/mol. The lowest BCUT2D eigenvalue weighted by atomic mass is 10.3. The lowest BCUT2D eigenvalue weighted by Crippen LogP contribution is -2.34. The van der Waals surface area contributed by atoms with Crippen molar-refractivity contribution in [3.63, 3.8) is 0 Å². The minimum Gasteiger partial charge on any atom is -0.465 e. The molecule has 0 saturated carbocycles. The van der Waals surface area contributed by atoms with E-state index in [1.54, 1.807) is 24.7 Å². The van der Waals surface area contributed by atoms with E-state index in [0.29, 0.717) is 23.6 Å². The summed E-state index contributed by atoms with van der Waals surface area (Å²) in [6.07, 6.45) is 6.98. The summed E-state index contributed by atoms with van der Waals surface area (Å²) >= 11 is 0.844. The summed E-state index contributed by atoms with van der Waals surface area (Å²) in [6, 6.07) is 3.39. The van der Waals surface area contributed by atoms with Crippen LogP contribution in [0.3, 0.4) is 0 Å². The van der Waals surface area contributed by atoms with Gasteiger partial charge in [0.05, 0.1) is 17.5 Å². The maximum absolute atomic E-state index is 12.3. The molecule has 130 valence electrons. The largest absolute Gasteiger partial charge is 0.465 e. The summed E-state index contributed by atoms with van der Waals surface area (Å²) in [5.74, 6) is -0.118. The zero-order chi connectivity index (χ0) is 17.6. The SMILES string of the molecule is O=C(CCN1C(=O)S/C(=C/c2ccco2)C1=O)NCCc1cnc[nH]1. The van der Waals surface area contributed by atoms with E-state index in [2.05, 4.69) is 15.3 Å². The number of aromatic nitrogens is 2. The Balaban J connectivity index is 1.46. The standard InChI is InChI=1S/C16H16N4O4S/c21-14(18-5-3-11-9-17-10-19-11)4-6-20-15(22)13(25-16(20)23)8-12-2-1-7-24-12/h1-2,7-10H,3-6H2,(H,17,19)(H,18,21)/b13-8+. The number of nitrogens with zero attached hydrogens (tertiary/aromatic N) is 2. The van der Waals surface area contributed by atoms with E-state index in [4.69, 9.17) is 4.42 Å². The van der Waals surface area contributed by atoms with Gasteiger partial charge in [-0.1, -0.05) is 0 Å². The molecule has 2 aromatic heterocycles. The number of aromatic amines is 1. The predicted octanol–water partition coefficient (Wildman–Crippen LogP) is 1.79. The van der Waals surface area contributed by atoms with Crippen LogP contribution in [0.5, 0.6) is 0 Å². The second-order valence-electron chi connectivity index (χ2n) is 5.28. The van der Waals surface area contributed by atoms with Gasteiger partial charge in [-0.15, -0.1) is 0 Å². The van der Waals surface area contributed by atoms with Crippen LogP contribution in [0.2, 0.25) is 0 Å². The number of furan rings is 1. The Hall–Kier alpha value is -2.81. The average molecular weight is 360 g/mol. The molecule has 1 aliphatic heterocycles. The molecule has 25 heavy (non-hydrogen) atoms. The van der Waals surface area contributed by atoms with Gasteiger partial charge < -0.3 is 14.7 Å². The van der Waals surface area contributed by atoms with Crippen LogP contribution in [0, 0.1) is 0 Å². The molecule has 0 bridgehead atoms. The van der Waals surface area contributed by atoms with Gasteiger partial charge >= 0.3 is 0 Å². The molecule has 0 aliphatic carbocycles. The summed E-state index contributed by atoms with van der Waals surface area (Å²) in [6.45, 7) is 0.511. The van der Waals surface area contributed by atoms with E-state index < -0.39 is 5.91 Å². The van der Waals surface area contributed by atoms with E-state index in [9.17, 15) is 14.4 Å². The normalized spacial score (nSPS) is 16.0. The third kappa shape index (κ3) is 4.38. The van der Waals surface area contributed by atoms with Gasteiger partial charge in [-0.3, -0.25) is 19.3 Å². The highest BCUT2D eigenvalue weighted by Gasteiger charge is 2.35. The Morgan fingerprint density at radius 1 is 1.44 bits per heavy atom. The van der Waals surface area contributed by atoms with E-state index in [1.165, 1.54) is 12.3 Å². The first kappa shape index (κ1) is 17.0. The fraction of sp³-hybridized carbons (Fsp3) is 0.250. The van der Waals surface area contributed by atoms with Crippen LogP contribution in [0.4, 0.5) is 4.79 Å². The first-order valence-corrected chi connectivity index (χ1v) is 8.48. The van der Waals surface area contributed by atoms with Crippen molar-refractivity contribution < 1.29 is 18.8 Å². The van der Waals surface area contributed by atoms with Crippen LogP contribution in [0.15, 0.2) is 40.2 Å². The van der Waals surface area contributed by atoms with Crippen molar-refractivity contribution in [1.29, 1.82) is 0 Å². The number of hydrogen-bond donors (Lipinski definition) is 2. The number of nitrogens with one attached hydrogen (secondary N) is 2. The molecule has 0 unspecified atom stereocenters. The summed E-state index contributed by atoms with van der Waals surface area (Å²) in [4.78, 5) is 44.3. The molecule has 9 heteroatoms. The van der Waals surface area contributed by atoms with Crippen molar-refractivity contribution in [3.05, 3.63) is 47.3 Å². The van der Waals surface area contributed by atoms with E-state index in [0.717, 1.165) is 22.4 Å². The number of thioether (sulfide) groups is 1. The van der Waals surface area contributed by atoms with Crippen LogP contribution in [0.25, 0.3) is 6.08 Å². The monoisotopic (exact) mass is 360 g/mol. The maximum Gasteiger partial charge on any atom is 0.293 e. The minimum absolute atomic E-state index is 0.0516. The fourth-order valence-electron chi connectivity index (χ4n) is 2.26. The highest BCUT2D eigenvalue weighted by molar-refractivity contribution is 8.18. The summed E-state index contributed by atoms with van der Waals surface area (Å²) < 4.78 is 5.14. The number of carbonyl (C=O) groups excluding carboxylic acids is 3. The summed E-state index contributed by atoms with van der Waals surface area (Å²) in [7, 11) is 0. The molecule has 1 fully saturated rings. The van der Waals surface area contributed by atoms with Crippen LogP contribution < -0.4 is 5.32 Å². The molecule has 0 atom stereocenters. The number of hydrogen-bond acceptors (Lipinski definition) is 6. The van der Waals surface area contributed by atoms with Gasteiger partial charge in [-0.2, -0.15) is 0 Å². The average Bonchev–Trinajstić information content (AvgIpc) is 3.31. The first-order chi connectivity index (χ1) is 12.1. The van der Waals surface area contributed by atoms with Gasteiger partial charge in [0.15, 0.2) is 0 Å². The quantitative estimate of drug-likeness (QED) is 0.729. The maximum atomic E-state index is 12.3. The molecule has 2 N–H and O–H groups in total. The van der Waals surface area contributed by atoms with Crippen molar-refractivity contribution >= 4 is 34.9 Å². The summed E-state index contributed by atoms with van der Waals surface area (Å²) in [5.41, 5.74) is 0.925. The molecule has 2 aromatic rings. The van der Waals surface area contributed by atoms with Crippen LogP contribution in [0.1, 0.15) is 17.9 Å². The van der Waals surface area contributed by atoms with E-state index in [-0.39, 0.29) is 24.1 Å². The van der Waals surface area contributed by atoms with Crippen molar-refractivity contribution in [2.75, 3.05) is 13.1 Å². The molecule has 3 amide bonds. The number of carbonyl (C=O) groups is 3. The van der Waals surface area contributed by atoms with Gasteiger partial charge in [0.2, 0.25) is 5.91 Å². The van der Waals surface area contributed by atoms with Crippen molar-refractivity contribution in [3.8, 4) is 0 Å². The molecular weight excluding hydrogens is 344 g/mol. The number of imide groups is 1. The topological polar surface area (TPSA) is 108 Å². The third-order valence-corrected chi connectivity index (χ3v) is 4.43. The van der Waals surface area contributed by atoms with E-state index in [1.807, 2.05) is 0 Å². The second kappa shape index (κ2) is 7.84. The van der Waals surface area contributed by atoms with Gasteiger partial charge in [-0.05, 0) is 23.9 Å². The van der Waals surface area contributed by atoms with Gasteiger partial charge in [0, 0.05) is 43.9 Å². The first-order valence-electron chi connectivity index (χ1n) is 7.66. The minimum atomic E-state index is -0.406. The van der Waals surface area contributed by atoms with E-state index >= 15 is 0 Å². The molecule has 0 radical (unpaired) electrons. The Morgan fingerprint density at radius 2 is 2.32 bits per heavy atom. The highest BCUT2D eigenvalue weighted by atomic mass is 32.2. The molecule has 3 rings (SSSR count). The van der Waals surface area contributed by atoms with Crippen LogP contribution in [-0.2, 0) is 16.0 Å². The van der Waals surface area contributed by atoms with Crippen molar-refractivity contribution in [1.82, 2.24) is 20.2 Å². The molecule has 1 aliphatic rings. The van der Waals surface area contributed by atoms with Gasteiger partial charge in [-0.25, -0.2) is 4.98 Å². The van der Waals surface area contributed by atoms with Crippen LogP contribution >= 0.6 is 11.8 Å². The molecule has 0 spiro atoms. The summed E-state index contributed by atoms with van der Waals surface area (Å²) in [5, 5.41) is 2.37. The highest BCUT2D eigenvalue weighted by Crippen LogP contribution is 2.32. The van der Waals surface area contributed by atoms with Gasteiger partial charge in [0.1, 0.15) is 5.76 Å².